The summed E-state index contributed by atoms with van der Waals surface area (Å²) in [6.45, 7) is 7.13. The van der Waals surface area contributed by atoms with Gasteiger partial charge in [-0.25, -0.2) is 0 Å². The molecule has 1 heterocycles. The Morgan fingerprint density at radius 2 is 1.69 bits per heavy atom. The average Bonchev–Trinajstić information content (AvgIpc) is 3.27. The van der Waals surface area contributed by atoms with E-state index in [1.54, 1.807) is 17.0 Å². The first-order valence-corrected chi connectivity index (χ1v) is 11.1. The average molecular weight is 423 g/mol. The molecule has 0 N–H and O–H groups in total. The zero-order chi connectivity index (χ0) is 20.8. The summed E-state index contributed by atoms with van der Waals surface area (Å²) in [5.74, 6) is 1.32. The number of nitrogens with zero attached hydrogens (tertiary/aromatic N) is 2. The van der Waals surface area contributed by atoms with Crippen LogP contribution in [0, 0.1) is 5.92 Å². The lowest BCUT2D eigenvalue weighted by atomic mass is 10.1. The molecule has 2 aliphatic rings. The summed E-state index contributed by atoms with van der Waals surface area (Å²) in [5.41, 5.74) is 0.484. The molecule has 160 valence electrons. The third-order valence-corrected chi connectivity index (χ3v) is 5.87. The van der Waals surface area contributed by atoms with E-state index in [-0.39, 0.29) is 17.7 Å². The van der Waals surface area contributed by atoms with Gasteiger partial charge in [-0.2, -0.15) is 0 Å². The van der Waals surface area contributed by atoms with Gasteiger partial charge >= 0.3 is 0 Å². The van der Waals surface area contributed by atoms with Crippen LogP contribution in [0.3, 0.4) is 0 Å². The van der Waals surface area contributed by atoms with Crippen molar-refractivity contribution < 1.29 is 19.1 Å². The number of carbonyl (C=O) groups is 2. The van der Waals surface area contributed by atoms with Gasteiger partial charge in [0.25, 0.3) is 5.91 Å². The summed E-state index contributed by atoms with van der Waals surface area (Å²) in [6.07, 6.45) is 5.16. The number of halogens is 1. The van der Waals surface area contributed by atoms with Gasteiger partial charge in [-0.15, -0.1) is 0 Å². The van der Waals surface area contributed by atoms with Crippen LogP contribution in [-0.4, -0.2) is 61.0 Å². The van der Waals surface area contributed by atoms with E-state index in [2.05, 4.69) is 0 Å². The van der Waals surface area contributed by atoms with Crippen molar-refractivity contribution in [3.63, 3.8) is 0 Å². The van der Waals surface area contributed by atoms with E-state index in [9.17, 15) is 9.59 Å². The Bertz CT molecular complexity index is 726. The van der Waals surface area contributed by atoms with E-state index >= 15 is 0 Å². The summed E-state index contributed by atoms with van der Waals surface area (Å²) in [6, 6.07) is 3.35. The zero-order valence-corrected chi connectivity index (χ0v) is 18.2. The van der Waals surface area contributed by atoms with Crippen LogP contribution in [0.2, 0.25) is 5.02 Å². The number of benzene rings is 1. The smallest absolute Gasteiger partial charge is 0.254 e. The predicted octanol–water partition coefficient (Wildman–Crippen LogP) is 4.00. The number of amides is 2. The van der Waals surface area contributed by atoms with Crippen LogP contribution in [0.25, 0.3) is 0 Å². The SMILES string of the molecule is CCCOc1c(Cl)cc(C(=O)N2CCN(C(=O)C3CCCC3)CC2)cc1OCC. The number of hydrogen-bond donors (Lipinski definition) is 0. The number of carbonyl (C=O) groups excluding carboxylic acids is 2. The van der Waals surface area contributed by atoms with E-state index in [4.69, 9.17) is 21.1 Å². The molecule has 0 unspecified atom stereocenters. The fraction of sp³-hybridized carbons (Fsp3) is 0.636. The normalized spacial score (nSPS) is 17.5. The van der Waals surface area contributed by atoms with E-state index in [1.807, 2.05) is 18.7 Å². The molecule has 3 rings (SSSR count). The summed E-state index contributed by atoms with van der Waals surface area (Å²) in [7, 11) is 0. The Hall–Kier alpha value is -1.95. The second kappa shape index (κ2) is 10.2. The maximum absolute atomic E-state index is 13.0. The van der Waals surface area contributed by atoms with Crippen molar-refractivity contribution in [3.05, 3.63) is 22.7 Å². The zero-order valence-electron chi connectivity index (χ0n) is 17.4. The molecule has 1 aliphatic heterocycles. The van der Waals surface area contributed by atoms with Crippen molar-refractivity contribution >= 4 is 23.4 Å². The minimum absolute atomic E-state index is 0.0946. The Labute approximate surface area is 178 Å². The highest BCUT2D eigenvalue weighted by Gasteiger charge is 2.31. The van der Waals surface area contributed by atoms with Crippen LogP contribution in [0.4, 0.5) is 0 Å². The number of piperazine rings is 1. The van der Waals surface area contributed by atoms with Crippen molar-refractivity contribution in [1.82, 2.24) is 9.80 Å². The van der Waals surface area contributed by atoms with Gasteiger partial charge in [-0.1, -0.05) is 31.4 Å². The van der Waals surface area contributed by atoms with Gasteiger partial charge in [0.15, 0.2) is 11.5 Å². The van der Waals surface area contributed by atoms with Crippen molar-refractivity contribution in [2.75, 3.05) is 39.4 Å². The molecule has 0 radical (unpaired) electrons. The van der Waals surface area contributed by atoms with Gasteiger partial charge in [-0.3, -0.25) is 9.59 Å². The van der Waals surface area contributed by atoms with Crippen molar-refractivity contribution in [3.8, 4) is 11.5 Å². The minimum atomic E-state index is -0.0946. The summed E-state index contributed by atoms with van der Waals surface area (Å²) < 4.78 is 11.4. The molecule has 2 amide bonds. The van der Waals surface area contributed by atoms with Gasteiger partial charge in [0.05, 0.1) is 18.2 Å². The number of rotatable bonds is 7. The van der Waals surface area contributed by atoms with Gasteiger partial charge in [0.2, 0.25) is 5.91 Å². The summed E-state index contributed by atoms with van der Waals surface area (Å²) in [5, 5.41) is 0.378. The molecule has 6 nitrogen and oxygen atoms in total. The first kappa shape index (κ1) is 21.8. The largest absolute Gasteiger partial charge is 0.490 e. The van der Waals surface area contributed by atoms with E-state index in [0.717, 1.165) is 32.1 Å². The van der Waals surface area contributed by atoms with Crippen molar-refractivity contribution in [2.24, 2.45) is 5.92 Å². The summed E-state index contributed by atoms with van der Waals surface area (Å²) >= 11 is 6.40. The molecule has 1 aliphatic carbocycles. The highest BCUT2D eigenvalue weighted by Crippen LogP contribution is 2.37. The molecule has 7 heteroatoms. The van der Waals surface area contributed by atoms with E-state index in [0.29, 0.717) is 61.5 Å². The molecule has 1 saturated heterocycles. The Morgan fingerprint density at radius 3 is 2.31 bits per heavy atom. The minimum Gasteiger partial charge on any atom is -0.490 e. The topological polar surface area (TPSA) is 59.1 Å². The molecule has 0 atom stereocenters. The van der Waals surface area contributed by atoms with Crippen molar-refractivity contribution in [1.29, 1.82) is 0 Å². The monoisotopic (exact) mass is 422 g/mol. The van der Waals surface area contributed by atoms with Crippen LogP contribution >= 0.6 is 11.6 Å². The highest BCUT2D eigenvalue weighted by atomic mass is 35.5. The van der Waals surface area contributed by atoms with Gasteiger partial charge < -0.3 is 19.3 Å². The fourth-order valence-electron chi connectivity index (χ4n) is 4.04. The maximum atomic E-state index is 13.0. The van der Waals surface area contributed by atoms with Gasteiger partial charge in [0, 0.05) is 37.7 Å². The quantitative estimate of drug-likeness (QED) is 0.666. The second-order valence-electron chi connectivity index (χ2n) is 7.67. The molecular weight excluding hydrogens is 392 g/mol. The van der Waals surface area contributed by atoms with Crippen LogP contribution in [-0.2, 0) is 4.79 Å². The van der Waals surface area contributed by atoms with Crippen LogP contribution in [0.5, 0.6) is 11.5 Å². The highest BCUT2D eigenvalue weighted by molar-refractivity contribution is 6.32. The van der Waals surface area contributed by atoms with Gasteiger partial charge in [0.1, 0.15) is 0 Å². The Morgan fingerprint density at radius 1 is 1.03 bits per heavy atom. The third-order valence-electron chi connectivity index (χ3n) is 5.59. The van der Waals surface area contributed by atoms with Crippen LogP contribution < -0.4 is 9.47 Å². The van der Waals surface area contributed by atoms with E-state index < -0.39 is 0 Å². The van der Waals surface area contributed by atoms with Gasteiger partial charge in [-0.05, 0) is 38.3 Å². The fourth-order valence-corrected chi connectivity index (χ4v) is 4.31. The third kappa shape index (κ3) is 5.16. The standard InChI is InChI=1S/C22H31ClN2O4/c1-3-13-29-20-18(23)14-17(15-19(20)28-4-2)22(27)25-11-9-24(10-12-25)21(26)16-7-5-6-8-16/h14-16H,3-13H2,1-2H3. The van der Waals surface area contributed by atoms with Crippen molar-refractivity contribution in [2.45, 2.75) is 46.0 Å². The lowest BCUT2D eigenvalue weighted by Crippen LogP contribution is -2.51. The maximum Gasteiger partial charge on any atom is 0.254 e. The lowest BCUT2D eigenvalue weighted by molar-refractivity contribution is -0.136. The molecule has 1 aromatic rings. The lowest BCUT2D eigenvalue weighted by Gasteiger charge is -2.36. The Kier molecular flexibility index (Phi) is 7.64. The first-order valence-electron chi connectivity index (χ1n) is 10.7. The summed E-state index contributed by atoms with van der Waals surface area (Å²) in [4.78, 5) is 29.3. The molecule has 1 aromatic carbocycles. The first-order chi connectivity index (χ1) is 14.0. The Balaban J connectivity index is 1.66. The number of hydrogen-bond acceptors (Lipinski definition) is 4. The molecule has 29 heavy (non-hydrogen) atoms. The molecular formula is C22H31ClN2O4. The van der Waals surface area contributed by atoms with Crippen LogP contribution in [0.15, 0.2) is 12.1 Å². The molecule has 1 saturated carbocycles. The van der Waals surface area contributed by atoms with Crippen LogP contribution in [0.1, 0.15) is 56.3 Å². The second-order valence-corrected chi connectivity index (χ2v) is 8.07. The van der Waals surface area contributed by atoms with E-state index in [1.165, 1.54) is 0 Å². The molecule has 0 aromatic heterocycles. The molecule has 0 bridgehead atoms. The molecule has 2 fully saturated rings. The number of ether oxygens (including phenoxy) is 2. The predicted molar refractivity (Wildman–Crippen MR) is 113 cm³/mol. The molecule has 0 spiro atoms.